The summed E-state index contributed by atoms with van der Waals surface area (Å²) in [6, 6.07) is 10.3. The van der Waals surface area contributed by atoms with Gasteiger partial charge in [-0.05, 0) is 12.6 Å². The van der Waals surface area contributed by atoms with Crippen molar-refractivity contribution >= 4 is 51.3 Å². The molecule has 1 aromatic rings. The zero-order chi connectivity index (χ0) is 6.53. The predicted octanol–water partition coefficient (Wildman–Crippen LogP) is 1.11. The summed E-state index contributed by atoms with van der Waals surface area (Å²) in [5.74, 6) is 0. The quantitative estimate of drug-likeness (QED) is 0.518. The molecule has 0 amide bonds. The van der Waals surface area contributed by atoms with Crippen LogP contribution < -0.4 is 5.32 Å². The first-order valence-corrected chi connectivity index (χ1v) is 3.12. The molecule has 0 bridgehead atoms. The summed E-state index contributed by atoms with van der Waals surface area (Å²) in [4.78, 5) is 0. The number of benzene rings is 1. The van der Waals surface area contributed by atoms with E-state index < -0.39 is 0 Å². The van der Waals surface area contributed by atoms with Gasteiger partial charge in [0.15, 0.2) is 0 Å². The van der Waals surface area contributed by atoms with Gasteiger partial charge >= 0.3 is 27.3 Å². The first-order chi connectivity index (χ1) is 4.43. The summed E-state index contributed by atoms with van der Waals surface area (Å²) in [6.45, 7) is 0.959. The van der Waals surface area contributed by atoms with Crippen molar-refractivity contribution in [2.45, 2.75) is 6.54 Å². The van der Waals surface area contributed by atoms with Crippen molar-refractivity contribution in [3.63, 3.8) is 0 Å². The Hall–Kier alpha value is 0.832. The van der Waals surface area contributed by atoms with Gasteiger partial charge in [0.2, 0.25) is 0 Å². The van der Waals surface area contributed by atoms with E-state index in [1.165, 1.54) is 5.56 Å². The molecule has 1 nitrogen and oxygen atoms in total. The first kappa shape index (κ1) is 14.4. The van der Waals surface area contributed by atoms with Crippen LogP contribution in [0.3, 0.4) is 0 Å². The number of hydrogen-bond donors (Lipinski definition) is 1. The summed E-state index contributed by atoms with van der Waals surface area (Å²) < 4.78 is 0. The molecule has 2 radical (unpaired) electrons. The van der Waals surface area contributed by atoms with Gasteiger partial charge in [0.1, 0.15) is 0 Å². The third-order valence-electron chi connectivity index (χ3n) is 1.22. The summed E-state index contributed by atoms with van der Waals surface area (Å²) in [5.41, 5.74) is 1.33. The molecule has 0 aliphatic heterocycles. The third kappa shape index (κ3) is 6.04. The van der Waals surface area contributed by atoms with Crippen molar-refractivity contribution < 1.29 is 0 Å². The first-order valence-electron chi connectivity index (χ1n) is 3.12. The van der Waals surface area contributed by atoms with Crippen molar-refractivity contribution in [1.82, 2.24) is 5.32 Å². The van der Waals surface area contributed by atoms with Crippen LogP contribution in [0.4, 0.5) is 0 Å². The fourth-order valence-corrected chi connectivity index (χ4v) is 0.800. The summed E-state index contributed by atoms with van der Waals surface area (Å²) in [6.07, 6.45) is 0. The summed E-state index contributed by atoms with van der Waals surface area (Å²) >= 11 is 0. The van der Waals surface area contributed by atoms with Gasteiger partial charge in [-0.2, -0.15) is 0 Å². The van der Waals surface area contributed by atoms with Gasteiger partial charge < -0.3 is 5.32 Å². The topological polar surface area (TPSA) is 12.0 Å². The molecule has 0 heterocycles. The van der Waals surface area contributed by atoms with Crippen molar-refractivity contribution in [3.05, 3.63) is 35.9 Å². The Labute approximate surface area is 105 Å². The van der Waals surface area contributed by atoms with E-state index in [0.717, 1.165) is 6.54 Å². The van der Waals surface area contributed by atoms with Crippen LogP contribution in [0.25, 0.3) is 0 Å². The second kappa shape index (κ2) is 8.92. The van der Waals surface area contributed by atoms with Gasteiger partial charge in [0, 0.05) is 6.54 Å². The summed E-state index contributed by atoms with van der Waals surface area (Å²) in [5, 5.41) is 3.08. The van der Waals surface area contributed by atoms with E-state index in [1.54, 1.807) is 0 Å². The van der Waals surface area contributed by atoms with E-state index >= 15 is 0 Å². The Morgan fingerprint density at radius 1 is 1.18 bits per heavy atom. The molecule has 0 aliphatic carbocycles. The average Bonchev–Trinajstić information content (AvgIpc) is 1.91. The minimum atomic E-state index is 0. The minimum absolute atomic E-state index is 0. The van der Waals surface area contributed by atoms with E-state index in [2.05, 4.69) is 17.4 Å². The monoisotopic (exact) mass is 459 g/mol. The van der Waals surface area contributed by atoms with Gasteiger partial charge in [0.25, 0.3) is 0 Å². The molecule has 3 heteroatoms. The van der Waals surface area contributed by atoms with Crippen LogP contribution in [-0.2, 0) is 6.54 Å². The second-order valence-corrected chi connectivity index (χ2v) is 2.02. The molecule has 0 saturated carbocycles. The fourth-order valence-electron chi connectivity index (χ4n) is 0.800. The molecule has 0 spiro atoms. The standard InChI is InChI=1S/C8H11N.HI.Pb.2H/c1-9-7-8-5-3-2-4-6-8;;;;/h2-6,9H,7H2,1H3;1H;;;. The van der Waals surface area contributed by atoms with Crippen LogP contribution in [0.5, 0.6) is 0 Å². The van der Waals surface area contributed by atoms with Crippen LogP contribution in [-0.4, -0.2) is 34.3 Å². The molecule has 0 saturated heterocycles. The number of halogens is 1. The maximum absolute atomic E-state index is 3.08. The molecule has 62 valence electrons. The van der Waals surface area contributed by atoms with E-state index in [4.69, 9.17) is 0 Å². The molecule has 1 N–H and O–H groups in total. The fraction of sp³-hybridized carbons (Fsp3) is 0.250. The zero-order valence-corrected chi connectivity index (χ0v) is 14.5. The number of rotatable bonds is 2. The average molecular weight is 458 g/mol. The van der Waals surface area contributed by atoms with Crippen molar-refractivity contribution in [2.75, 3.05) is 7.05 Å². The van der Waals surface area contributed by atoms with Crippen LogP contribution in [0, 0.1) is 0 Å². The van der Waals surface area contributed by atoms with Gasteiger partial charge in [-0.3, -0.25) is 0 Å². The Morgan fingerprint density at radius 3 is 2.18 bits per heavy atom. The Kier molecular flexibility index (Phi) is 11.7. The third-order valence-corrected chi connectivity index (χ3v) is 1.22. The van der Waals surface area contributed by atoms with E-state index in [-0.39, 0.29) is 51.3 Å². The van der Waals surface area contributed by atoms with E-state index in [9.17, 15) is 0 Å². The Morgan fingerprint density at radius 2 is 1.73 bits per heavy atom. The molecule has 0 aliphatic rings. The molecular formula is C8H14INPb. The molecule has 1 rings (SSSR count). The Bertz CT molecular complexity index is 167. The van der Waals surface area contributed by atoms with E-state index in [0.29, 0.717) is 0 Å². The molecule has 0 fully saturated rings. The van der Waals surface area contributed by atoms with Crippen LogP contribution in [0.2, 0.25) is 0 Å². The predicted molar refractivity (Wildman–Crippen MR) is 63.2 cm³/mol. The molecule has 0 atom stereocenters. The maximum atomic E-state index is 3.08. The van der Waals surface area contributed by atoms with Crippen LogP contribution >= 0.6 is 24.0 Å². The van der Waals surface area contributed by atoms with Gasteiger partial charge in [0.05, 0.1) is 0 Å². The molecular weight excluding hydrogens is 444 g/mol. The SMILES string of the molecule is CNCc1ccccc1.I.[PbH2]. The van der Waals surface area contributed by atoms with E-state index in [1.807, 2.05) is 25.2 Å². The van der Waals surface area contributed by atoms with Crippen LogP contribution in [0.1, 0.15) is 5.56 Å². The van der Waals surface area contributed by atoms with Crippen molar-refractivity contribution in [3.8, 4) is 0 Å². The number of hydrogen-bond acceptors (Lipinski definition) is 1. The van der Waals surface area contributed by atoms with Gasteiger partial charge in [-0.15, -0.1) is 24.0 Å². The van der Waals surface area contributed by atoms with Crippen molar-refractivity contribution in [1.29, 1.82) is 0 Å². The molecule has 0 unspecified atom stereocenters. The van der Waals surface area contributed by atoms with Crippen LogP contribution in [0.15, 0.2) is 30.3 Å². The number of nitrogens with one attached hydrogen (secondary N) is 1. The normalized spacial score (nSPS) is 7.73. The second-order valence-electron chi connectivity index (χ2n) is 2.02. The summed E-state index contributed by atoms with van der Waals surface area (Å²) in [7, 11) is 1.95. The van der Waals surface area contributed by atoms with Gasteiger partial charge in [-0.1, -0.05) is 30.3 Å². The molecule has 0 aromatic heterocycles. The molecule has 1 aromatic carbocycles. The zero-order valence-electron chi connectivity index (χ0n) is 6.71. The van der Waals surface area contributed by atoms with Gasteiger partial charge in [-0.25, -0.2) is 0 Å². The Balaban J connectivity index is 0. The van der Waals surface area contributed by atoms with Crippen molar-refractivity contribution in [2.24, 2.45) is 0 Å². The molecule has 11 heavy (non-hydrogen) atoms.